The lowest BCUT2D eigenvalue weighted by Crippen LogP contribution is -2.11. The standard InChI is InChI=1S/C11H15NO4/c1-4-15-10(13)6-8(3)9(7-12)11(14)16-5-2/h4-6H2,1-3H3. The van der Waals surface area contributed by atoms with Gasteiger partial charge in [0.25, 0.3) is 0 Å². The molecule has 0 saturated heterocycles. The van der Waals surface area contributed by atoms with E-state index in [0.29, 0.717) is 5.57 Å². The van der Waals surface area contributed by atoms with Crippen LogP contribution in [0.2, 0.25) is 0 Å². The molecule has 5 nitrogen and oxygen atoms in total. The molecule has 0 aromatic rings. The van der Waals surface area contributed by atoms with Gasteiger partial charge in [0, 0.05) is 0 Å². The van der Waals surface area contributed by atoms with Crippen molar-refractivity contribution in [2.24, 2.45) is 0 Å². The maximum Gasteiger partial charge on any atom is 0.348 e. The Morgan fingerprint density at radius 3 is 2.19 bits per heavy atom. The molecule has 0 rings (SSSR count). The van der Waals surface area contributed by atoms with Crippen molar-refractivity contribution in [1.29, 1.82) is 5.26 Å². The predicted molar refractivity (Wildman–Crippen MR) is 56.2 cm³/mol. The lowest BCUT2D eigenvalue weighted by Gasteiger charge is -2.05. The van der Waals surface area contributed by atoms with Gasteiger partial charge in [-0.15, -0.1) is 0 Å². The quantitative estimate of drug-likeness (QED) is 0.401. The SMILES string of the molecule is CCOC(=O)CC(C)=C(C#N)C(=O)OCC. The van der Waals surface area contributed by atoms with E-state index in [2.05, 4.69) is 4.74 Å². The molecule has 0 atom stereocenters. The molecule has 0 N–H and O–H groups in total. The van der Waals surface area contributed by atoms with Crippen LogP contribution < -0.4 is 0 Å². The van der Waals surface area contributed by atoms with Crippen LogP contribution in [-0.2, 0) is 19.1 Å². The number of carbonyl (C=O) groups excluding carboxylic acids is 2. The van der Waals surface area contributed by atoms with Gasteiger partial charge < -0.3 is 9.47 Å². The van der Waals surface area contributed by atoms with Crippen LogP contribution in [0.25, 0.3) is 0 Å². The van der Waals surface area contributed by atoms with Gasteiger partial charge in [-0.05, 0) is 26.3 Å². The molecular formula is C11H15NO4. The van der Waals surface area contributed by atoms with E-state index in [9.17, 15) is 9.59 Å². The fraction of sp³-hybridized carbons (Fsp3) is 0.545. The number of esters is 2. The number of hydrogen-bond acceptors (Lipinski definition) is 5. The Balaban J connectivity index is 4.69. The van der Waals surface area contributed by atoms with Gasteiger partial charge in [-0.3, -0.25) is 4.79 Å². The molecule has 0 unspecified atom stereocenters. The molecule has 5 heteroatoms. The minimum absolute atomic E-state index is 0.0739. The number of carbonyl (C=O) groups is 2. The van der Waals surface area contributed by atoms with E-state index in [1.807, 2.05) is 0 Å². The summed E-state index contributed by atoms with van der Waals surface area (Å²) in [5, 5.41) is 8.78. The number of hydrogen-bond donors (Lipinski definition) is 0. The van der Waals surface area contributed by atoms with Crippen LogP contribution >= 0.6 is 0 Å². The molecule has 0 fully saturated rings. The minimum Gasteiger partial charge on any atom is -0.466 e. The van der Waals surface area contributed by atoms with Crippen molar-refractivity contribution in [2.75, 3.05) is 13.2 Å². The predicted octanol–water partition coefficient (Wildman–Crippen LogP) is 1.34. The number of nitrogens with zero attached hydrogens (tertiary/aromatic N) is 1. The second kappa shape index (κ2) is 7.46. The van der Waals surface area contributed by atoms with Crippen LogP contribution in [0.1, 0.15) is 27.2 Å². The fourth-order valence-corrected chi connectivity index (χ4v) is 1.04. The van der Waals surface area contributed by atoms with Crippen molar-refractivity contribution in [3.63, 3.8) is 0 Å². The van der Waals surface area contributed by atoms with Gasteiger partial charge in [-0.1, -0.05) is 0 Å². The topological polar surface area (TPSA) is 76.4 Å². The van der Waals surface area contributed by atoms with Gasteiger partial charge in [0.15, 0.2) is 0 Å². The normalized spacial score (nSPS) is 11.1. The zero-order chi connectivity index (χ0) is 12.6. The van der Waals surface area contributed by atoms with Gasteiger partial charge in [-0.2, -0.15) is 5.26 Å². The lowest BCUT2D eigenvalue weighted by molar-refractivity contribution is -0.142. The Hall–Kier alpha value is -1.83. The molecule has 0 aliphatic carbocycles. The van der Waals surface area contributed by atoms with Gasteiger partial charge in [-0.25, -0.2) is 4.79 Å². The van der Waals surface area contributed by atoms with E-state index in [1.54, 1.807) is 19.9 Å². The van der Waals surface area contributed by atoms with Crippen LogP contribution in [0.15, 0.2) is 11.1 Å². The van der Waals surface area contributed by atoms with Crippen molar-refractivity contribution >= 4 is 11.9 Å². The average molecular weight is 225 g/mol. The minimum atomic E-state index is -0.702. The van der Waals surface area contributed by atoms with Crippen LogP contribution in [0.5, 0.6) is 0 Å². The molecule has 0 heterocycles. The monoisotopic (exact) mass is 225 g/mol. The Morgan fingerprint density at radius 1 is 1.19 bits per heavy atom. The molecular weight excluding hydrogens is 210 g/mol. The maximum atomic E-state index is 11.3. The van der Waals surface area contributed by atoms with Gasteiger partial charge >= 0.3 is 11.9 Å². The summed E-state index contributed by atoms with van der Waals surface area (Å²) in [7, 11) is 0. The third-order valence-electron chi connectivity index (χ3n) is 1.73. The molecule has 16 heavy (non-hydrogen) atoms. The second-order valence-corrected chi connectivity index (χ2v) is 2.97. The fourth-order valence-electron chi connectivity index (χ4n) is 1.04. The second-order valence-electron chi connectivity index (χ2n) is 2.97. The van der Waals surface area contributed by atoms with Crippen LogP contribution in [0, 0.1) is 11.3 Å². The molecule has 0 aliphatic rings. The summed E-state index contributed by atoms with van der Waals surface area (Å²) in [6.07, 6.45) is -0.0739. The van der Waals surface area contributed by atoms with E-state index in [0.717, 1.165) is 0 Å². The number of ether oxygens (including phenoxy) is 2. The molecule has 88 valence electrons. The number of nitriles is 1. The van der Waals surface area contributed by atoms with Crippen LogP contribution in [0.4, 0.5) is 0 Å². The molecule has 0 saturated carbocycles. The van der Waals surface area contributed by atoms with E-state index in [4.69, 9.17) is 10.00 Å². The lowest BCUT2D eigenvalue weighted by atomic mass is 10.1. The summed E-state index contributed by atoms with van der Waals surface area (Å²) in [6.45, 7) is 5.33. The third-order valence-corrected chi connectivity index (χ3v) is 1.73. The zero-order valence-corrected chi connectivity index (χ0v) is 9.70. The van der Waals surface area contributed by atoms with Gasteiger partial charge in [0.05, 0.1) is 19.6 Å². The van der Waals surface area contributed by atoms with Crippen LogP contribution in [-0.4, -0.2) is 25.2 Å². The van der Waals surface area contributed by atoms with Gasteiger partial charge in [0.1, 0.15) is 11.6 Å². The summed E-state index contributed by atoms with van der Waals surface area (Å²) < 4.78 is 9.40. The highest BCUT2D eigenvalue weighted by atomic mass is 16.5. The van der Waals surface area contributed by atoms with Crippen LogP contribution in [0.3, 0.4) is 0 Å². The highest BCUT2D eigenvalue weighted by Gasteiger charge is 2.16. The Kier molecular flexibility index (Phi) is 6.61. The maximum absolute atomic E-state index is 11.3. The van der Waals surface area contributed by atoms with Crippen molar-refractivity contribution < 1.29 is 19.1 Å². The first-order valence-electron chi connectivity index (χ1n) is 4.99. The largest absolute Gasteiger partial charge is 0.466 e. The summed E-state index contributed by atoms with van der Waals surface area (Å²) in [6, 6.07) is 1.73. The molecule has 0 amide bonds. The Labute approximate surface area is 94.6 Å². The first kappa shape index (κ1) is 14.2. The molecule has 0 aliphatic heterocycles. The molecule has 0 spiro atoms. The first-order chi connectivity index (χ1) is 7.56. The summed E-state index contributed by atoms with van der Waals surface area (Å²) in [5.41, 5.74) is 0.231. The highest BCUT2D eigenvalue weighted by Crippen LogP contribution is 2.10. The Bertz CT molecular complexity index is 338. The zero-order valence-electron chi connectivity index (χ0n) is 9.70. The molecule has 0 aromatic carbocycles. The highest BCUT2D eigenvalue weighted by molar-refractivity contribution is 5.94. The summed E-state index contributed by atoms with van der Waals surface area (Å²) >= 11 is 0. The van der Waals surface area contributed by atoms with Crippen molar-refractivity contribution in [1.82, 2.24) is 0 Å². The number of rotatable bonds is 5. The average Bonchev–Trinajstić information content (AvgIpc) is 2.19. The van der Waals surface area contributed by atoms with Crippen molar-refractivity contribution in [2.45, 2.75) is 27.2 Å². The Morgan fingerprint density at radius 2 is 1.75 bits per heavy atom. The molecule has 0 bridgehead atoms. The first-order valence-corrected chi connectivity index (χ1v) is 4.99. The van der Waals surface area contributed by atoms with Crippen molar-refractivity contribution in [3.05, 3.63) is 11.1 Å². The van der Waals surface area contributed by atoms with Gasteiger partial charge in [0.2, 0.25) is 0 Å². The van der Waals surface area contributed by atoms with E-state index >= 15 is 0 Å². The third kappa shape index (κ3) is 4.60. The summed E-state index contributed by atoms with van der Waals surface area (Å²) in [5.74, 6) is -1.16. The molecule has 0 aromatic heterocycles. The van der Waals surface area contributed by atoms with E-state index in [1.165, 1.54) is 6.92 Å². The van der Waals surface area contributed by atoms with Crippen molar-refractivity contribution in [3.8, 4) is 6.07 Å². The van der Waals surface area contributed by atoms with E-state index in [-0.39, 0.29) is 25.2 Å². The smallest absolute Gasteiger partial charge is 0.348 e. The summed E-state index contributed by atoms with van der Waals surface area (Å²) in [4.78, 5) is 22.4. The van der Waals surface area contributed by atoms with E-state index < -0.39 is 11.9 Å². The molecule has 0 radical (unpaired) electrons.